The Kier molecular flexibility index (Phi) is 3.52. The van der Waals surface area contributed by atoms with Gasteiger partial charge < -0.3 is 10.1 Å². The lowest BCUT2D eigenvalue weighted by molar-refractivity contribution is -0.149. The first kappa shape index (κ1) is 13.8. The molecule has 1 aromatic rings. The zero-order valence-electron chi connectivity index (χ0n) is 11.6. The minimum atomic E-state index is -0.737. The van der Waals surface area contributed by atoms with E-state index in [1.807, 2.05) is 0 Å². The molecule has 0 saturated heterocycles. The number of benzene rings is 1. The van der Waals surface area contributed by atoms with Crippen LogP contribution in [0.1, 0.15) is 33.1 Å². The van der Waals surface area contributed by atoms with Crippen LogP contribution in [0.15, 0.2) is 24.3 Å². The highest BCUT2D eigenvalue weighted by Gasteiger charge is 2.55. The van der Waals surface area contributed by atoms with Crippen LogP contribution in [0.5, 0.6) is 0 Å². The molecule has 0 bridgehead atoms. The number of hydrogen-bond acceptors (Lipinski definition) is 3. The zero-order valence-corrected chi connectivity index (χ0v) is 11.6. The van der Waals surface area contributed by atoms with Crippen molar-refractivity contribution in [3.63, 3.8) is 0 Å². The Morgan fingerprint density at radius 1 is 1.26 bits per heavy atom. The first-order valence-electron chi connectivity index (χ1n) is 6.53. The maximum absolute atomic E-state index is 13.0. The normalized spacial score (nSPS) is 25.1. The lowest BCUT2D eigenvalue weighted by Crippen LogP contribution is -2.54. The predicted molar refractivity (Wildman–Crippen MR) is 72.4 cm³/mol. The van der Waals surface area contributed by atoms with Crippen molar-refractivity contribution in [1.29, 1.82) is 0 Å². The third-order valence-corrected chi connectivity index (χ3v) is 4.24. The Hall–Kier alpha value is -1.58. The van der Waals surface area contributed by atoms with Gasteiger partial charge in [-0.05, 0) is 48.9 Å². The van der Waals surface area contributed by atoms with E-state index in [1.165, 1.54) is 19.2 Å². The van der Waals surface area contributed by atoms with Gasteiger partial charge in [0.2, 0.25) is 0 Å². The molecule has 1 unspecified atom stereocenters. The first-order chi connectivity index (χ1) is 8.91. The van der Waals surface area contributed by atoms with Crippen LogP contribution in [0.4, 0.5) is 10.1 Å². The molecule has 1 aliphatic carbocycles. The predicted octanol–water partition coefficient (Wildman–Crippen LogP) is 3.36. The molecule has 1 saturated carbocycles. The number of nitrogens with one attached hydrogen (secondary N) is 1. The molecule has 1 aromatic carbocycles. The fourth-order valence-corrected chi connectivity index (χ4v) is 2.96. The molecule has 1 fully saturated rings. The molecule has 0 amide bonds. The van der Waals surface area contributed by atoms with Crippen LogP contribution in [0, 0.1) is 11.2 Å². The molecular formula is C15H20FNO2. The van der Waals surface area contributed by atoms with Crippen molar-refractivity contribution in [3.8, 4) is 0 Å². The van der Waals surface area contributed by atoms with Crippen molar-refractivity contribution < 1.29 is 13.9 Å². The molecule has 0 radical (unpaired) electrons. The molecule has 104 valence electrons. The number of anilines is 1. The second-order valence-electron chi connectivity index (χ2n) is 5.77. The quantitative estimate of drug-likeness (QED) is 0.852. The van der Waals surface area contributed by atoms with Crippen molar-refractivity contribution in [2.75, 3.05) is 12.4 Å². The van der Waals surface area contributed by atoms with E-state index in [0.29, 0.717) is 0 Å². The molecule has 19 heavy (non-hydrogen) atoms. The second kappa shape index (κ2) is 4.83. The van der Waals surface area contributed by atoms with Gasteiger partial charge in [-0.25, -0.2) is 9.18 Å². The number of halogens is 1. The summed E-state index contributed by atoms with van der Waals surface area (Å²) < 4.78 is 17.9. The SMILES string of the molecule is COC(=O)C1(Nc2ccc(F)cc2)CCCC1(C)C. The van der Waals surface area contributed by atoms with Gasteiger partial charge in [0.15, 0.2) is 0 Å². The Morgan fingerprint density at radius 2 is 1.89 bits per heavy atom. The number of carbonyl (C=O) groups excluding carboxylic acids is 1. The lowest BCUT2D eigenvalue weighted by atomic mass is 9.74. The summed E-state index contributed by atoms with van der Waals surface area (Å²) in [6.45, 7) is 4.13. The number of methoxy groups -OCH3 is 1. The van der Waals surface area contributed by atoms with Crippen LogP contribution < -0.4 is 5.32 Å². The Bertz CT molecular complexity index is 470. The van der Waals surface area contributed by atoms with Gasteiger partial charge in [0.1, 0.15) is 11.4 Å². The van der Waals surface area contributed by atoms with Gasteiger partial charge in [-0.15, -0.1) is 0 Å². The standard InChI is InChI=1S/C15H20FNO2/c1-14(2)9-4-10-15(14,13(18)19-3)17-12-7-5-11(16)6-8-12/h5-8,17H,4,9-10H2,1-3H3. The van der Waals surface area contributed by atoms with Crippen molar-refractivity contribution in [1.82, 2.24) is 0 Å². The molecule has 0 spiro atoms. The van der Waals surface area contributed by atoms with Crippen LogP contribution in [0.2, 0.25) is 0 Å². The molecule has 0 aliphatic heterocycles. The summed E-state index contributed by atoms with van der Waals surface area (Å²) in [6.07, 6.45) is 2.65. The van der Waals surface area contributed by atoms with Crippen LogP contribution >= 0.6 is 0 Å². The maximum atomic E-state index is 13.0. The minimum Gasteiger partial charge on any atom is -0.467 e. The van der Waals surface area contributed by atoms with Crippen LogP contribution in [-0.2, 0) is 9.53 Å². The summed E-state index contributed by atoms with van der Waals surface area (Å²) in [4.78, 5) is 12.3. The Balaban J connectivity index is 2.34. The van der Waals surface area contributed by atoms with Crippen molar-refractivity contribution >= 4 is 11.7 Å². The van der Waals surface area contributed by atoms with Gasteiger partial charge in [0.25, 0.3) is 0 Å². The fourth-order valence-electron chi connectivity index (χ4n) is 2.96. The second-order valence-corrected chi connectivity index (χ2v) is 5.77. The van der Waals surface area contributed by atoms with Gasteiger partial charge in [-0.3, -0.25) is 0 Å². The molecule has 0 heterocycles. The number of ether oxygens (including phenoxy) is 1. The Morgan fingerprint density at radius 3 is 2.37 bits per heavy atom. The van der Waals surface area contributed by atoms with E-state index in [2.05, 4.69) is 19.2 Å². The molecular weight excluding hydrogens is 245 g/mol. The van der Waals surface area contributed by atoms with Gasteiger partial charge in [-0.2, -0.15) is 0 Å². The highest BCUT2D eigenvalue weighted by atomic mass is 19.1. The van der Waals surface area contributed by atoms with E-state index in [4.69, 9.17) is 4.74 Å². The third-order valence-electron chi connectivity index (χ3n) is 4.24. The van der Waals surface area contributed by atoms with E-state index in [0.717, 1.165) is 24.9 Å². The maximum Gasteiger partial charge on any atom is 0.332 e. The monoisotopic (exact) mass is 265 g/mol. The van der Waals surface area contributed by atoms with Gasteiger partial charge in [0.05, 0.1) is 7.11 Å². The fraction of sp³-hybridized carbons (Fsp3) is 0.533. The number of hydrogen-bond donors (Lipinski definition) is 1. The summed E-state index contributed by atoms with van der Waals surface area (Å²) in [5.41, 5.74) is -0.199. The first-order valence-corrected chi connectivity index (χ1v) is 6.53. The van der Waals surface area contributed by atoms with Crippen LogP contribution in [0.25, 0.3) is 0 Å². The largest absolute Gasteiger partial charge is 0.467 e. The van der Waals surface area contributed by atoms with Crippen LogP contribution in [-0.4, -0.2) is 18.6 Å². The highest BCUT2D eigenvalue weighted by molar-refractivity contribution is 5.86. The topological polar surface area (TPSA) is 38.3 Å². The zero-order chi connectivity index (χ0) is 14.1. The lowest BCUT2D eigenvalue weighted by Gasteiger charge is -2.40. The number of carbonyl (C=O) groups is 1. The van der Waals surface area contributed by atoms with Crippen molar-refractivity contribution in [2.24, 2.45) is 5.41 Å². The third kappa shape index (κ3) is 2.31. The summed E-state index contributed by atoms with van der Waals surface area (Å²) in [7, 11) is 1.41. The summed E-state index contributed by atoms with van der Waals surface area (Å²) >= 11 is 0. The molecule has 4 heteroatoms. The van der Waals surface area contributed by atoms with Gasteiger partial charge in [-0.1, -0.05) is 13.8 Å². The smallest absolute Gasteiger partial charge is 0.332 e. The van der Waals surface area contributed by atoms with E-state index < -0.39 is 5.54 Å². The molecule has 0 aromatic heterocycles. The average molecular weight is 265 g/mol. The van der Waals surface area contributed by atoms with Gasteiger partial charge >= 0.3 is 5.97 Å². The number of esters is 1. The van der Waals surface area contributed by atoms with E-state index in [-0.39, 0.29) is 17.2 Å². The van der Waals surface area contributed by atoms with Crippen LogP contribution in [0.3, 0.4) is 0 Å². The minimum absolute atomic E-state index is 0.200. The highest BCUT2D eigenvalue weighted by Crippen LogP contribution is 2.48. The molecule has 3 nitrogen and oxygen atoms in total. The molecule has 1 N–H and O–H groups in total. The van der Waals surface area contributed by atoms with Crippen molar-refractivity contribution in [2.45, 2.75) is 38.6 Å². The average Bonchev–Trinajstić information content (AvgIpc) is 2.67. The molecule has 1 aliphatic rings. The summed E-state index contributed by atoms with van der Waals surface area (Å²) in [6, 6.07) is 6.06. The molecule has 2 rings (SSSR count). The number of rotatable bonds is 3. The van der Waals surface area contributed by atoms with Crippen molar-refractivity contribution in [3.05, 3.63) is 30.1 Å². The van der Waals surface area contributed by atoms with E-state index in [1.54, 1.807) is 12.1 Å². The molecule has 1 atom stereocenters. The summed E-state index contributed by atoms with van der Waals surface area (Å²) in [5, 5.41) is 3.28. The Labute approximate surface area is 113 Å². The van der Waals surface area contributed by atoms with Gasteiger partial charge in [0, 0.05) is 5.69 Å². The van der Waals surface area contributed by atoms with E-state index >= 15 is 0 Å². The summed E-state index contributed by atoms with van der Waals surface area (Å²) in [5.74, 6) is -0.539. The van der Waals surface area contributed by atoms with E-state index in [9.17, 15) is 9.18 Å².